The van der Waals surface area contributed by atoms with Crippen LogP contribution in [0.25, 0.3) is 0 Å². The fourth-order valence-electron chi connectivity index (χ4n) is 2.33. The molecule has 7 heteroatoms. The molecule has 7 nitrogen and oxygen atoms in total. The van der Waals surface area contributed by atoms with Gasteiger partial charge in [0.15, 0.2) is 11.5 Å². The molecule has 0 saturated heterocycles. The van der Waals surface area contributed by atoms with Crippen molar-refractivity contribution in [1.29, 1.82) is 0 Å². The fraction of sp³-hybridized carbons (Fsp3) is 0.0476. The van der Waals surface area contributed by atoms with Crippen LogP contribution in [0.4, 0.5) is 5.69 Å². The van der Waals surface area contributed by atoms with Crippen LogP contribution in [-0.2, 0) is 0 Å². The van der Waals surface area contributed by atoms with E-state index in [9.17, 15) is 9.59 Å². The molecular formula is C21H16N2O5. The van der Waals surface area contributed by atoms with Crippen molar-refractivity contribution in [2.24, 2.45) is 4.99 Å². The molecule has 0 aliphatic rings. The third kappa shape index (κ3) is 4.59. The number of pyridine rings is 1. The van der Waals surface area contributed by atoms with Crippen LogP contribution in [0.2, 0.25) is 0 Å². The zero-order valence-corrected chi connectivity index (χ0v) is 14.9. The maximum atomic E-state index is 12.2. The van der Waals surface area contributed by atoms with E-state index in [2.05, 4.69) is 9.98 Å². The Morgan fingerprint density at radius 1 is 0.964 bits per heavy atom. The topological polar surface area (TPSA) is 98.1 Å². The van der Waals surface area contributed by atoms with Crippen molar-refractivity contribution in [2.45, 2.75) is 0 Å². The fourth-order valence-corrected chi connectivity index (χ4v) is 2.33. The minimum absolute atomic E-state index is 0.195. The number of benzene rings is 2. The molecule has 140 valence electrons. The van der Waals surface area contributed by atoms with Gasteiger partial charge in [-0.1, -0.05) is 0 Å². The summed E-state index contributed by atoms with van der Waals surface area (Å²) in [5, 5.41) is 8.91. The van der Waals surface area contributed by atoms with Crippen LogP contribution < -0.4 is 9.47 Å². The predicted octanol–water partition coefficient (Wildman–Crippen LogP) is 3.76. The highest BCUT2D eigenvalue weighted by atomic mass is 16.6. The molecule has 0 aliphatic heterocycles. The number of methoxy groups -OCH3 is 1. The van der Waals surface area contributed by atoms with Gasteiger partial charge in [0.1, 0.15) is 0 Å². The number of hydrogen-bond donors (Lipinski definition) is 1. The lowest BCUT2D eigenvalue weighted by Gasteiger charge is -2.09. The molecule has 0 fully saturated rings. The van der Waals surface area contributed by atoms with Gasteiger partial charge in [0, 0.05) is 18.6 Å². The zero-order chi connectivity index (χ0) is 19.9. The van der Waals surface area contributed by atoms with E-state index in [0.717, 1.165) is 5.56 Å². The first-order valence-electron chi connectivity index (χ1n) is 8.24. The number of esters is 1. The number of carboxylic acids is 1. The quantitative estimate of drug-likeness (QED) is 0.400. The summed E-state index contributed by atoms with van der Waals surface area (Å²) in [5.41, 5.74) is 1.91. The summed E-state index contributed by atoms with van der Waals surface area (Å²) in [5.74, 6) is -0.836. The molecule has 3 rings (SSSR count). The van der Waals surface area contributed by atoms with E-state index in [1.165, 1.54) is 31.6 Å². The number of nitrogens with zero attached hydrogens (tertiary/aromatic N) is 2. The van der Waals surface area contributed by atoms with Crippen molar-refractivity contribution in [3.8, 4) is 11.5 Å². The molecule has 1 aromatic heterocycles. The van der Waals surface area contributed by atoms with Crippen LogP contribution >= 0.6 is 0 Å². The lowest BCUT2D eigenvalue weighted by Crippen LogP contribution is -2.09. The van der Waals surface area contributed by atoms with Gasteiger partial charge in [0.25, 0.3) is 0 Å². The minimum atomic E-state index is -0.989. The van der Waals surface area contributed by atoms with Crippen LogP contribution in [0.1, 0.15) is 26.3 Å². The number of aliphatic imine (C=N–C) groups is 1. The molecule has 1 heterocycles. The van der Waals surface area contributed by atoms with Crippen molar-refractivity contribution in [3.63, 3.8) is 0 Å². The standard InChI is InChI=1S/C21H16N2O5/c1-27-19-12-14(13-23-17-5-3-15(4-6-17)20(24)25)2-7-18(19)28-21(26)16-8-10-22-11-9-16/h2-13H,1H3,(H,24,25). The highest BCUT2D eigenvalue weighted by Crippen LogP contribution is 2.28. The van der Waals surface area contributed by atoms with Crippen molar-refractivity contribution in [3.05, 3.63) is 83.7 Å². The molecule has 0 radical (unpaired) electrons. The average molecular weight is 376 g/mol. The Balaban J connectivity index is 1.75. The molecule has 0 saturated carbocycles. The number of carbonyl (C=O) groups excluding carboxylic acids is 1. The zero-order valence-electron chi connectivity index (χ0n) is 14.9. The van der Waals surface area contributed by atoms with Crippen molar-refractivity contribution >= 4 is 23.8 Å². The first-order valence-corrected chi connectivity index (χ1v) is 8.24. The Hall–Kier alpha value is -4.00. The first-order chi connectivity index (χ1) is 13.6. The van der Waals surface area contributed by atoms with Gasteiger partial charge in [0.2, 0.25) is 0 Å². The van der Waals surface area contributed by atoms with E-state index >= 15 is 0 Å². The van der Waals surface area contributed by atoms with Gasteiger partial charge in [-0.05, 0) is 60.2 Å². The van der Waals surface area contributed by atoms with E-state index in [1.54, 1.807) is 48.7 Å². The van der Waals surface area contributed by atoms with Gasteiger partial charge in [-0.25, -0.2) is 9.59 Å². The SMILES string of the molecule is COc1cc(C=Nc2ccc(C(=O)O)cc2)ccc1OC(=O)c1ccncc1. The molecule has 0 unspecified atom stereocenters. The summed E-state index contributed by atoms with van der Waals surface area (Å²) in [6, 6.07) is 14.3. The second kappa shape index (κ2) is 8.59. The Morgan fingerprint density at radius 3 is 2.32 bits per heavy atom. The Morgan fingerprint density at radius 2 is 1.68 bits per heavy atom. The maximum Gasteiger partial charge on any atom is 0.343 e. The third-order valence-electron chi connectivity index (χ3n) is 3.78. The first kappa shape index (κ1) is 18.8. The highest BCUT2D eigenvalue weighted by Gasteiger charge is 2.12. The van der Waals surface area contributed by atoms with Crippen LogP contribution in [-0.4, -0.2) is 35.4 Å². The van der Waals surface area contributed by atoms with Crippen molar-refractivity contribution in [1.82, 2.24) is 4.98 Å². The number of aromatic carboxylic acids is 1. The number of hydrogen-bond acceptors (Lipinski definition) is 6. The third-order valence-corrected chi connectivity index (χ3v) is 3.78. The molecule has 0 bridgehead atoms. The second-order valence-corrected chi connectivity index (χ2v) is 5.65. The van der Waals surface area contributed by atoms with Gasteiger partial charge < -0.3 is 14.6 Å². The van der Waals surface area contributed by atoms with Gasteiger partial charge in [-0.15, -0.1) is 0 Å². The smallest absolute Gasteiger partial charge is 0.343 e. The summed E-state index contributed by atoms with van der Waals surface area (Å²) in [6.45, 7) is 0. The van der Waals surface area contributed by atoms with Crippen LogP contribution in [0.15, 0.2) is 72.0 Å². The van der Waals surface area contributed by atoms with E-state index in [1.807, 2.05) is 0 Å². The van der Waals surface area contributed by atoms with Crippen LogP contribution in [0, 0.1) is 0 Å². The monoisotopic (exact) mass is 376 g/mol. The van der Waals surface area contributed by atoms with E-state index in [0.29, 0.717) is 17.0 Å². The summed E-state index contributed by atoms with van der Waals surface area (Å²) in [7, 11) is 1.48. The molecule has 0 aliphatic carbocycles. The average Bonchev–Trinajstić information content (AvgIpc) is 2.73. The summed E-state index contributed by atoms with van der Waals surface area (Å²) in [4.78, 5) is 31.2. The normalized spacial score (nSPS) is 10.6. The number of aromatic nitrogens is 1. The van der Waals surface area contributed by atoms with Gasteiger partial charge in [-0.3, -0.25) is 9.98 Å². The maximum absolute atomic E-state index is 12.2. The molecule has 0 spiro atoms. The van der Waals surface area contributed by atoms with Gasteiger partial charge in [0.05, 0.1) is 23.9 Å². The number of ether oxygens (including phenoxy) is 2. The molecule has 28 heavy (non-hydrogen) atoms. The number of rotatable bonds is 6. The predicted molar refractivity (Wildman–Crippen MR) is 103 cm³/mol. The Labute approximate surface area is 160 Å². The molecule has 2 aromatic carbocycles. The number of carbonyl (C=O) groups is 2. The summed E-state index contributed by atoms with van der Waals surface area (Å²) >= 11 is 0. The molecular weight excluding hydrogens is 360 g/mol. The van der Waals surface area contributed by atoms with E-state index in [-0.39, 0.29) is 11.3 Å². The second-order valence-electron chi connectivity index (χ2n) is 5.65. The Bertz CT molecular complexity index is 1010. The van der Waals surface area contributed by atoms with Crippen LogP contribution in [0.5, 0.6) is 11.5 Å². The molecule has 0 amide bonds. The summed E-state index contributed by atoms with van der Waals surface area (Å²) in [6.07, 6.45) is 4.62. The largest absolute Gasteiger partial charge is 0.493 e. The van der Waals surface area contributed by atoms with Crippen molar-refractivity contribution < 1.29 is 24.2 Å². The van der Waals surface area contributed by atoms with Gasteiger partial charge >= 0.3 is 11.9 Å². The van der Waals surface area contributed by atoms with Gasteiger partial charge in [-0.2, -0.15) is 0 Å². The summed E-state index contributed by atoms with van der Waals surface area (Å²) < 4.78 is 10.7. The molecule has 1 N–H and O–H groups in total. The minimum Gasteiger partial charge on any atom is -0.493 e. The molecule has 0 atom stereocenters. The number of carboxylic acid groups (broad SMARTS) is 1. The lowest BCUT2D eigenvalue weighted by molar-refractivity contribution is 0.0694. The van der Waals surface area contributed by atoms with E-state index in [4.69, 9.17) is 14.6 Å². The Kier molecular flexibility index (Phi) is 5.76. The lowest BCUT2D eigenvalue weighted by atomic mass is 10.2. The highest BCUT2D eigenvalue weighted by molar-refractivity contribution is 5.91. The van der Waals surface area contributed by atoms with Crippen molar-refractivity contribution in [2.75, 3.05) is 7.11 Å². The molecule has 3 aromatic rings. The van der Waals surface area contributed by atoms with Crippen LogP contribution in [0.3, 0.4) is 0 Å². The van der Waals surface area contributed by atoms with E-state index < -0.39 is 11.9 Å².